The molecule has 47 heavy (non-hydrogen) atoms. The molecule has 11 heteroatoms. The summed E-state index contributed by atoms with van der Waals surface area (Å²) in [5, 5.41) is 2.46. The second-order valence-electron chi connectivity index (χ2n) is 11.9. The Hall–Kier alpha value is -4.05. The number of hydrogen-bond acceptors (Lipinski definition) is 8. The van der Waals surface area contributed by atoms with Crippen molar-refractivity contribution in [2.75, 3.05) is 11.9 Å². The van der Waals surface area contributed by atoms with Crippen molar-refractivity contribution in [1.82, 2.24) is 4.90 Å². The average Bonchev–Trinajstić information content (AvgIpc) is 3.33. The highest BCUT2D eigenvalue weighted by Gasteiger charge is 2.58. The highest BCUT2D eigenvalue weighted by atomic mass is 35.5. The fourth-order valence-electron chi connectivity index (χ4n) is 5.29. The first-order valence-electron chi connectivity index (χ1n) is 16.5. The van der Waals surface area contributed by atoms with Crippen LogP contribution in [0.15, 0.2) is 54.6 Å². The van der Waals surface area contributed by atoms with E-state index in [2.05, 4.69) is 12.2 Å². The molecular weight excluding hydrogens is 624 g/mol. The van der Waals surface area contributed by atoms with Crippen molar-refractivity contribution in [3.05, 3.63) is 65.7 Å². The number of benzene rings is 2. The molecule has 1 aliphatic rings. The van der Waals surface area contributed by atoms with Crippen molar-refractivity contribution in [3.8, 4) is 0 Å². The Labute approximate surface area is 281 Å². The van der Waals surface area contributed by atoms with Crippen molar-refractivity contribution in [2.45, 2.75) is 103 Å². The third-order valence-electron chi connectivity index (χ3n) is 8.03. The number of anilines is 1. The summed E-state index contributed by atoms with van der Waals surface area (Å²) in [6.07, 6.45) is 10.2. The molecule has 3 atom stereocenters. The summed E-state index contributed by atoms with van der Waals surface area (Å²) >= 11 is 6.68. The maximum Gasteiger partial charge on any atom is 0.347 e. The summed E-state index contributed by atoms with van der Waals surface area (Å²) in [4.78, 5) is 76.0. The number of carbonyl (C=O) groups is 6. The molecule has 1 saturated heterocycles. The minimum absolute atomic E-state index is 0.00588. The zero-order valence-corrected chi connectivity index (χ0v) is 28.2. The highest BCUT2D eigenvalue weighted by molar-refractivity contribution is 6.51. The van der Waals surface area contributed by atoms with Crippen molar-refractivity contribution in [1.29, 1.82) is 0 Å². The second-order valence-corrected chi connectivity index (χ2v) is 12.5. The molecule has 0 spiro atoms. The number of unbranched alkanes of at least 4 members (excludes halogenated alkanes) is 9. The molecule has 3 rings (SSSR count). The number of esters is 2. The van der Waals surface area contributed by atoms with E-state index >= 15 is 0 Å². The van der Waals surface area contributed by atoms with Crippen molar-refractivity contribution in [3.63, 3.8) is 0 Å². The lowest BCUT2D eigenvalue weighted by Gasteiger charge is -2.32. The molecule has 0 aliphatic carbocycles. The molecule has 0 saturated carbocycles. The minimum atomic E-state index is -2.72. The maximum absolute atomic E-state index is 13.6. The lowest BCUT2D eigenvalue weighted by Crippen LogP contribution is -2.60. The molecule has 0 aromatic heterocycles. The van der Waals surface area contributed by atoms with Crippen LogP contribution in [0.5, 0.6) is 0 Å². The molecule has 1 heterocycles. The average molecular weight is 669 g/mol. The summed E-state index contributed by atoms with van der Waals surface area (Å²) in [5.41, 5.74) is 0.0523. The van der Waals surface area contributed by atoms with Crippen LogP contribution in [0.25, 0.3) is 0 Å². The molecule has 3 amide bonds. The molecule has 1 N–H and O–H groups in total. The molecule has 0 bridgehead atoms. The number of rotatable bonds is 19. The van der Waals surface area contributed by atoms with E-state index in [0.717, 1.165) is 25.7 Å². The third kappa shape index (κ3) is 10.2. The summed E-state index contributed by atoms with van der Waals surface area (Å²) in [5.74, 6) is -5.91. The van der Waals surface area contributed by atoms with E-state index < -0.39 is 52.5 Å². The van der Waals surface area contributed by atoms with E-state index in [1.54, 1.807) is 18.2 Å². The van der Waals surface area contributed by atoms with Crippen LogP contribution in [-0.4, -0.2) is 58.1 Å². The van der Waals surface area contributed by atoms with Gasteiger partial charge in [-0.15, -0.1) is 0 Å². The Balaban J connectivity index is 1.57. The van der Waals surface area contributed by atoms with Gasteiger partial charge in [0.25, 0.3) is 10.9 Å². The smallest absolute Gasteiger partial charge is 0.347 e. The van der Waals surface area contributed by atoms with E-state index in [-0.39, 0.29) is 29.8 Å². The number of nitrogens with zero attached hydrogens (tertiary/aromatic N) is 1. The normalized spacial score (nSPS) is 16.3. The molecule has 254 valence electrons. The summed E-state index contributed by atoms with van der Waals surface area (Å²) in [6, 6.07) is 13.2. The number of imide groups is 1. The zero-order valence-electron chi connectivity index (χ0n) is 27.4. The predicted octanol–water partition coefficient (Wildman–Crippen LogP) is 6.85. The van der Waals surface area contributed by atoms with Gasteiger partial charge in [-0.1, -0.05) is 120 Å². The van der Waals surface area contributed by atoms with Gasteiger partial charge >= 0.3 is 11.9 Å². The van der Waals surface area contributed by atoms with E-state index in [9.17, 15) is 28.8 Å². The molecule has 2 aromatic carbocycles. The van der Waals surface area contributed by atoms with Gasteiger partial charge in [-0.2, -0.15) is 0 Å². The number of Topliss-reactive ketones (excluding diaryl/α,β-unsaturated/α-hetero) is 1. The molecule has 0 radical (unpaired) electrons. The standard InChI is InChI=1S/C36H45ClN2O8/c1-4-5-6-7-8-9-10-11-12-16-22-46-33(43)26(3)47-34(44)28-20-17-21-29(24-28)38-35(45)36(37,31(41)27-18-14-13-15-19-27)39-30(40)23-25(2)32(39)42/h13-15,17-21,24-26H,4-12,16,22-23H2,1-3H3,(H,38,45). The van der Waals surface area contributed by atoms with Crippen molar-refractivity contribution >= 4 is 52.7 Å². The van der Waals surface area contributed by atoms with Gasteiger partial charge in [0.05, 0.1) is 12.2 Å². The van der Waals surface area contributed by atoms with Gasteiger partial charge in [0, 0.05) is 23.6 Å². The van der Waals surface area contributed by atoms with Crippen LogP contribution < -0.4 is 5.32 Å². The molecule has 2 aromatic rings. The highest BCUT2D eigenvalue weighted by Crippen LogP contribution is 2.35. The fraction of sp³-hybridized carbons (Fsp3) is 0.500. The summed E-state index contributed by atoms with van der Waals surface area (Å²) in [6.45, 7) is 5.36. The molecule has 1 fully saturated rings. The SMILES string of the molecule is CCCCCCCCCCCCOC(=O)C(C)OC(=O)c1cccc(NC(=O)C(Cl)(C(=O)c2ccccc2)N2C(=O)CC(C)C2=O)c1. The Morgan fingerprint density at radius 3 is 2.09 bits per heavy atom. The predicted molar refractivity (Wildman–Crippen MR) is 178 cm³/mol. The number of alkyl halides is 1. The third-order valence-corrected chi connectivity index (χ3v) is 8.54. The lowest BCUT2D eigenvalue weighted by molar-refractivity contribution is -0.153. The Kier molecular flexibility index (Phi) is 14.6. The number of ether oxygens (including phenoxy) is 2. The second kappa shape index (κ2) is 18.3. The number of hydrogen-bond donors (Lipinski definition) is 1. The minimum Gasteiger partial charge on any atom is -0.463 e. The van der Waals surface area contributed by atoms with Gasteiger partial charge in [-0.25, -0.2) is 14.5 Å². The number of halogens is 1. The molecular formula is C36H45ClN2O8. The Morgan fingerprint density at radius 1 is 0.894 bits per heavy atom. The Bertz CT molecular complexity index is 1410. The summed E-state index contributed by atoms with van der Waals surface area (Å²) < 4.78 is 10.6. The number of likely N-dealkylation sites (tertiary alicyclic amines) is 1. The topological polar surface area (TPSA) is 136 Å². The number of nitrogens with one attached hydrogen (secondary N) is 1. The first kappa shape index (κ1) is 37.4. The van der Waals surface area contributed by atoms with Crippen LogP contribution >= 0.6 is 11.6 Å². The number of amides is 3. The first-order chi connectivity index (χ1) is 22.5. The number of ketones is 1. The van der Waals surface area contributed by atoms with E-state index in [4.69, 9.17) is 21.1 Å². The van der Waals surface area contributed by atoms with Crippen LogP contribution in [0.1, 0.15) is 112 Å². The van der Waals surface area contributed by atoms with Crippen LogP contribution in [0, 0.1) is 5.92 Å². The van der Waals surface area contributed by atoms with Gasteiger partial charge in [-0.05, 0) is 31.5 Å². The van der Waals surface area contributed by atoms with Gasteiger partial charge in [0.2, 0.25) is 17.6 Å². The molecule has 3 unspecified atom stereocenters. The van der Waals surface area contributed by atoms with Gasteiger partial charge in [-0.3, -0.25) is 19.2 Å². The lowest BCUT2D eigenvalue weighted by atomic mass is 10.0. The fourth-order valence-corrected chi connectivity index (χ4v) is 5.62. The van der Waals surface area contributed by atoms with E-state index in [1.165, 1.54) is 88.8 Å². The van der Waals surface area contributed by atoms with E-state index in [0.29, 0.717) is 4.90 Å². The summed E-state index contributed by atoms with van der Waals surface area (Å²) in [7, 11) is 0. The van der Waals surface area contributed by atoms with E-state index in [1.807, 2.05) is 0 Å². The largest absolute Gasteiger partial charge is 0.463 e. The van der Waals surface area contributed by atoms with Crippen LogP contribution in [0.4, 0.5) is 5.69 Å². The van der Waals surface area contributed by atoms with Gasteiger partial charge in [0.1, 0.15) is 0 Å². The number of carbonyl (C=O) groups excluding carboxylic acids is 6. The van der Waals surface area contributed by atoms with Crippen LogP contribution in [0.2, 0.25) is 0 Å². The van der Waals surface area contributed by atoms with Crippen molar-refractivity contribution in [2.24, 2.45) is 5.92 Å². The van der Waals surface area contributed by atoms with Gasteiger partial charge in [0.15, 0.2) is 6.10 Å². The first-order valence-corrected chi connectivity index (χ1v) is 16.8. The van der Waals surface area contributed by atoms with Crippen LogP contribution in [-0.2, 0) is 28.7 Å². The van der Waals surface area contributed by atoms with Crippen molar-refractivity contribution < 1.29 is 38.2 Å². The zero-order chi connectivity index (χ0) is 34.4. The monoisotopic (exact) mass is 668 g/mol. The quantitative estimate of drug-likeness (QED) is 0.0327. The molecule has 10 nitrogen and oxygen atoms in total. The Morgan fingerprint density at radius 2 is 1.49 bits per heavy atom. The van der Waals surface area contributed by atoms with Gasteiger partial charge < -0.3 is 14.8 Å². The molecule has 1 aliphatic heterocycles. The maximum atomic E-state index is 13.6. The van der Waals surface area contributed by atoms with Crippen LogP contribution in [0.3, 0.4) is 0 Å².